The highest BCUT2D eigenvalue weighted by Crippen LogP contribution is 2.10. The lowest BCUT2D eigenvalue weighted by Crippen LogP contribution is -2.33. The zero-order chi connectivity index (χ0) is 13.5. The Morgan fingerprint density at radius 3 is 2.50 bits per heavy atom. The van der Waals surface area contributed by atoms with Crippen molar-refractivity contribution in [3.8, 4) is 0 Å². The lowest BCUT2D eigenvalue weighted by molar-refractivity contribution is 0.0923. The smallest absolute Gasteiger partial charge is 0.177 e. The van der Waals surface area contributed by atoms with Gasteiger partial charge in [-0.15, -0.1) is 0 Å². The van der Waals surface area contributed by atoms with Gasteiger partial charge in [-0.25, -0.2) is 0 Å². The topological polar surface area (TPSA) is 20.3 Å². The molecule has 0 saturated carbocycles. The highest BCUT2D eigenvalue weighted by molar-refractivity contribution is 5.98. The van der Waals surface area contributed by atoms with Crippen molar-refractivity contribution in [3.05, 3.63) is 35.4 Å². The van der Waals surface area contributed by atoms with Crippen molar-refractivity contribution in [1.29, 1.82) is 0 Å². The Balaban J connectivity index is 2.65. The van der Waals surface area contributed by atoms with Crippen LogP contribution >= 0.6 is 0 Å². The second-order valence-electron chi connectivity index (χ2n) is 5.08. The molecule has 0 aliphatic heterocycles. The molecule has 0 aliphatic rings. The first-order valence-electron chi connectivity index (χ1n) is 6.89. The molecule has 2 heteroatoms. The van der Waals surface area contributed by atoms with Gasteiger partial charge in [-0.2, -0.15) is 0 Å². The van der Waals surface area contributed by atoms with Crippen LogP contribution in [0.4, 0.5) is 0 Å². The predicted octanol–water partition coefficient (Wildman–Crippen LogP) is 3.55. The van der Waals surface area contributed by atoms with E-state index in [4.69, 9.17) is 0 Å². The summed E-state index contributed by atoms with van der Waals surface area (Å²) in [6.07, 6.45) is 1.16. The van der Waals surface area contributed by atoms with E-state index in [1.165, 1.54) is 0 Å². The summed E-state index contributed by atoms with van der Waals surface area (Å²) < 4.78 is 0. The number of rotatable bonds is 7. The number of ketones is 1. The molecule has 1 unspecified atom stereocenters. The van der Waals surface area contributed by atoms with Crippen LogP contribution in [0.25, 0.3) is 0 Å². The molecule has 0 heterocycles. The van der Waals surface area contributed by atoms with E-state index < -0.39 is 0 Å². The Labute approximate surface area is 111 Å². The number of hydrogen-bond acceptors (Lipinski definition) is 2. The summed E-state index contributed by atoms with van der Waals surface area (Å²) in [6.45, 7) is 11.0. The predicted molar refractivity (Wildman–Crippen MR) is 77.1 cm³/mol. The molecule has 0 amide bonds. The summed E-state index contributed by atoms with van der Waals surface area (Å²) in [7, 11) is 0. The quantitative estimate of drug-likeness (QED) is 0.687. The van der Waals surface area contributed by atoms with Crippen molar-refractivity contribution in [2.24, 2.45) is 5.92 Å². The molecule has 18 heavy (non-hydrogen) atoms. The summed E-state index contributed by atoms with van der Waals surface area (Å²) in [4.78, 5) is 14.5. The molecular formula is C16H25NO. The van der Waals surface area contributed by atoms with Crippen molar-refractivity contribution in [2.45, 2.75) is 34.1 Å². The van der Waals surface area contributed by atoms with E-state index in [0.717, 1.165) is 30.6 Å². The molecule has 0 aliphatic carbocycles. The van der Waals surface area contributed by atoms with Gasteiger partial charge in [0.15, 0.2) is 5.78 Å². The van der Waals surface area contributed by atoms with Crippen molar-refractivity contribution >= 4 is 5.78 Å². The molecular weight excluding hydrogens is 222 g/mol. The minimum Gasteiger partial charge on any atom is -0.296 e. The molecule has 0 N–H and O–H groups in total. The minimum absolute atomic E-state index is 0.234. The molecule has 0 aromatic heterocycles. The molecule has 0 radical (unpaired) electrons. The first kappa shape index (κ1) is 14.9. The fraction of sp³-hybridized carbons (Fsp3) is 0.562. The number of hydrogen-bond donors (Lipinski definition) is 0. The first-order chi connectivity index (χ1) is 8.58. The zero-order valence-electron chi connectivity index (χ0n) is 12.1. The molecule has 100 valence electrons. The zero-order valence-corrected chi connectivity index (χ0v) is 12.1. The van der Waals surface area contributed by atoms with E-state index in [9.17, 15) is 4.79 Å². The van der Waals surface area contributed by atoms with Crippen LogP contribution in [0.2, 0.25) is 0 Å². The first-order valence-corrected chi connectivity index (χ1v) is 6.89. The van der Waals surface area contributed by atoms with Gasteiger partial charge in [0.05, 0.1) is 6.54 Å². The third kappa shape index (κ3) is 4.26. The molecule has 1 atom stereocenters. The van der Waals surface area contributed by atoms with E-state index in [0.29, 0.717) is 12.5 Å². The Bertz CT molecular complexity index is 386. The van der Waals surface area contributed by atoms with E-state index in [1.807, 2.05) is 31.2 Å². The van der Waals surface area contributed by atoms with Gasteiger partial charge in [0.1, 0.15) is 0 Å². The summed E-state index contributed by atoms with van der Waals surface area (Å²) in [5.74, 6) is 0.882. The molecule has 0 fully saturated rings. The Morgan fingerprint density at radius 2 is 1.94 bits per heavy atom. The van der Waals surface area contributed by atoms with E-state index >= 15 is 0 Å². The van der Waals surface area contributed by atoms with Gasteiger partial charge in [0.2, 0.25) is 0 Å². The third-order valence-electron chi connectivity index (χ3n) is 3.53. The van der Waals surface area contributed by atoms with Gasteiger partial charge < -0.3 is 0 Å². The Hall–Kier alpha value is -1.15. The third-order valence-corrected chi connectivity index (χ3v) is 3.53. The standard InChI is InChI=1S/C16H25NO/c1-5-13(3)11-17(6-2)12-16(18)15-10-8-7-9-14(15)4/h7-10,13H,5-6,11-12H2,1-4H3. The number of aryl methyl sites for hydroxylation is 1. The average Bonchev–Trinajstić information content (AvgIpc) is 2.38. The average molecular weight is 247 g/mol. The fourth-order valence-electron chi connectivity index (χ4n) is 2.05. The molecule has 1 aromatic rings. The maximum atomic E-state index is 12.3. The maximum Gasteiger partial charge on any atom is 0.177 e. The van der Waals surface area contributed by atoms with Crippen LogP contribution < -0.4 is 0 Å². The van der Waals surface area contributed by atoms with Crippen LogP contribution in [-0.2, 0) is 0 Å². The second-order valence-corrected chi connectivity index (χ2v) is 5.08. The van der Waals surface area contributed by atoms with Crippen LogP contribution in [0.15, 0.2) is 24.3 Å². The monoisotopic (exact) mass is 247 g/mol. The lowest BCUT2D eigenvalue weighted by atomic mass is 10.0. The molecule has 0 bridgehead atoms. The maximum absolute atomic E-state index is 12.3. The van der Waals surface area contributed by atoms with Crippen molar-refractivity contribution < 1.29 is 4.79 Å². The number of nitrogens with zero attached hydrogens (tertiary/aromatic N) is 1. The van der Waals surface area contributed by atoms with E-state index in [-0.39, 0.29) is 5.78 Å². The highest BCUT2D eigenvalue weighted by Gasteiger charge is 2.14. The number of benzene rings is 1. The van der Waals surface area contributed by atoms with Crippen LogP contribution in [0.5, 0.6) is 0 Å². The molecule has 1 aromatic carbocycles. The van der Waals surface area contributed by atoms with Crippen molar-refractivity contribution in [1.82, 2.24) is 4.90 Å². The number of likely N-dealkylation sites (N-methyl/N-ethyl adjacent to an activating group) is 1. The van der Waals surface area contributed by atoms with Gasteiger partial charge in [-0.3, -0.25) is 9.69 Å². The SMILES string of the molecule is CCC(C)CN(CC)CC(=O)c1ccccc1C. The van der Waals surface area contributed by atoms with Gasteiger partial charge in [0.25, 0.3) is 0 Å². The summed E-state index contributed by atoms with van der Waals surface area (Å²) >= 11 is 0. The highest BCUT2D eigenvalue weighted by atomic mass is 16.1. The summed E-state index contributed by atoms with van der Waals surface area (Å²) in [5.41, 5.74) is 1.93. The fourth-order valence-corrected chi connectivity index (χ4v) is 2.05. The normalized spacial score (nSPS) is 12.7. The van der Waals surface area contributed by atoms with Crippen molar-refractivity contribution in [2.75, 3.05) is 19.6 Å². The Kier molecular flexibility index (Phi) is 6.06. The van der Waals surface area contributed by atoms with Crippen LogP contribution in [-0.4, -0.2) is 30.3 Å². The number of carbonyl (C=O) groups is 1. The molecule has 0 saturated heterocycles. The molecule has 1 rings (SSSR count). The number of Topliss-reactive ketones (excluding diaryl/α,β-unsaturated/α-hetero) is 1. The van der Waals surface area contributed by atoms with E-state index in [1.54, 1.807) is 0 Å². The van der Waals surface area contributed by atoms with E-state index in [2.05, 4.69) is 25.7 Å². The number of carbonyl (C=O) groups excluding carboxylic acids is 1. The van der Waals surface area contributed by atoms with Gasteiger partial charge in [0, 0.05) is 12.1 Å². The van der Waals surface area contributed by atoms with Crippen LogP contribution in [0, 0.1) is 12.8 Å². The largest absolute Gasteiger partial charge is 0.296 e. The Morgan fingerprint density at radius 1 is 1.28 bits per heavy atom. The van der Waals surface area contributed by atoms with Crippen LogP contribution in [0.3, 0.4) is 0 Å². The van der Waals surface area contributed by atoms with Gasteiger partial charge in [-0.05, 0) is 24.9 Å². The minimum atomic E-state index is 0.234. The molecule has 2 nitrogen and oxygen atoms in total. The summed E-state index contributed by atoms with van der Waals surface area (Å²) in [6, 6.07) is 7.83. The lowest BCUT2D eigenvalue weighted by Gasteiger charge is -2.23. The van der Waals surface area contributed by atoms with Gasteiger partial charge in [-0.1, -0.05) is 51.5 Å². The van der Waals surface area contributed by atoms with Crippen molar-refractivity contribution in [3.63, 3.8) is 0 Å². The molecule has 0 spiro atoms. The second kappa shape index (κ2) is 7.32. The van der Waals surface area contributed by atoms with Gasteiger partial charge >= 0.3 is 0 Å². The van der Waals surface area contributed by atoms with Crippen LogP contribution in [0.1, 0.15) is 43.1 Å². The summed E-state index contributed by atoms with van der Waals surface area (Å²) in [5, 5.41) is 0.